The molecule has 49 heavy (non-hydrogen) atoms. The Kier molecular flexibility index (Phi) is 13.2. The van der Waals surface area contributed by atoms with Crippen molar-refractivity contribution in [2.24, 2.45) is 0 Å². The Bertz CT molecular complexity index is 1710. The molecule has 4 rings (SSSR count). The summed E-state index contributed by atoms with van der Waals surface area (Å²) in [7, 11) is 0. The van der Waals surface area contributed by atoms with Crippen molar-refractivity contribution in [3.05, 3.63) is 102 Å². The molecule has 3 aromatic carbocycles. The van der Waals surface area contributed by atoms with Gasteiger partial charge in [0.2, 0.25) is 0 Å². The molecule has 0 aromatic heterocycles. The fourth-order valence-corrected chi connectivity index (χ4v) is 5.30. The monoisotopic (exact) mass is 670 g/mol. The fourth-order valence-electron chi connectivity index (χ4n) is 5.30. The van der Waals surface area contributed by atoms with Crippen molar-refractivity contribution in [1.29, 1.82) is 0 Å². The molecule has 1 aliphatic rings. The minimum absolute atomic E-state index is 0.0439. The summed E-state index contributed by atoms with van der Waals surface area (Å²) in [6, 6.07) is 16.8. The largest absolute Gasteiger partial charge is 0.494 e. The van der Waals surface area contributed by atoms with Gasteiger partial charge < -0.3 is 28.4 Å². The minimum Gasteiger partial charge on any atom is -0.494 e. The molecule has 0 saturated heterocycles. The summed E-state index contributed by atoms with van der Waals surface area (Å²) in [4.78, 5) is 47.7. The van der Waals surface area contributed by atoms with Crippen molar-refractivity contribution in [1.82, 2.24) is 0 Å². The highest BCUT2D eigenvalue weighted by molar-refractivity contribution is 5.94. The zero-order valence-corrected chi connectivity index (χ0v) is 28.2. The first-order chi connectivity index (χ1) is 23.6. The number of esters is 4. The van der Waals surface area contributed by atoms with E-state index in [0.29, 0.717) is 49.5 Å². The van der Waals surface area contributed by atoms with Gasteiger partial charge in [0.1, 0.15) is 17.2 Å². The highest BCUT2D eigenvalue weighted by Gasteiger charge is 2.27. The Morgan fingerprint density at radius 3 is 2.18 bits per heavy atom. The smallest absolute Gasteiger partial charge is 0.343 e. The molecule has 0 heterocycles. The van der Waals surface area contributed by atoms with Gasteiger partial charge in [-0.15, -0.1) is 0 Å². The summed E-state index contributed by atoms with van der Waals surface area (Å²) in [5.74, 6) is -0.199. The lowest BCUT2D eigenvalue weighted by atomic mass is 9.98. The topological polar surface area (TPSA) is 124 Å². The van der Waals surface area contributed by atoms with Crippen LogP contribution in [-0.4, -0.2) is 56.9 Å². The van der Waals surface area contributed by atoms with Crippen molar-refractivity contribution in [2.75, 3.05) is 33.0 Å². The second kappa shape index (κ2) is 17.7. The molecule has 1 aliphatic carbocycles. The number of hydrogen-bond acceptors (Lipinski definition) is 10. The van der Waals surface area contributed by atoms with Crippen molar-refractivity contribution < 1.29 is 47.6 Å². The van der Waals surface area contributed by atoms with E-state index in [4.69, 9.17) is 28.4 Å². The van der Waals surface area contributed by atoms with Gasteiger partial charge in [0.15, 0.2) is 0 Å². The number of unbranched alkanes of at least 4 members (excludes halogenated alkanes) is 1. The van der Waals surface area contributed by atoms with E-state index in [9.17, 15) is 19.2 Å². The lowest BCUT2D eigenvalue weighted by Gasteiger charge is -2.12. The number of aryl methyl sites for hydroxylation is 1. The summed E-state index contributed by atoms with van der Waals surface area (Å²) >= 11 is 0. The van der Waals surface area contributed by atoms with Crippen LogP contribution >= 0.6 is 0 Å². The standard InChI is InChI=1S/C39H42O10/c1-6-36(40)47-20-10-19-46-35-16-13-30(21-25(35)3)49-39(43)28-11-14-31-32-15-12-29(24-34(32)27(5)33(31)23-28)45-17-8-9-18-48-38(42)26(4)22-37(41)44-7-2/h6,11-16,21,23-24,27H,1,4,7-10,17-20,22H2,2-3,5H3. The molecule has 0 amide bonds. The van der Waals surface area contributed by atoms with Gasteiger partial charge in [0.05, 0.1) is 45.0 Å². The van der Waals surface area contributed by atoms with E-state index in [1.165, 1.54) is 0 Å². The Labute approximate surface area is 286 Å². The van der Waals surface area contributed by atoms with Crippen molar-refractivity contribution >= 4 is 23.9 Å². The second-order valence-electron chi connectivity index (χ2n) is 11.4. The van der Waals surface area contributed by atoms with Crippen molar-refractivity contribution in [3.8, 4) is 28.4 Å². The summed E-state index contributed by atoms with van der Waals surface area (Å²) in [6.07, 6.45) is 2.73. The van der Waals surface area contributed by atoms with Gasteiger partial charge in [-0.1, -0.05) is 32.2 Å². The summed E-state index contributed by atoms with van der Waals surface area (Å²) in [6.45, 7) is 14.1. The van der Waals surface area contributed by atoms with Gasteiger partial charge in [-0.3, -0.25) is 4.79 Å². The number of ether oxygens (including phenoxy) is 6. The number of rotatable bonds is 18. The van der Waals surface area contributed by atoms with Crippen LogP contribution in [0.5, 0.6) is 17.2 Å². The van der Waals surface area contributed by atoms with Gasteiger partial charge in [0.25, 0.3) is 0 Å². The van der Waals surface area contributed by atoms with E-state index >= 15 is 0 Å². The lowest BCUT2D eigenvalue weighted by molar-refractivity contribution is -0.146. The van der Waals surface area contributed by atoms with Crippen molar-refractivity contribution in [2.45, 2.75) is 52.4 Å². The average Bonchev–Trinajstić information content (AvgIpc) is 3.36. The quantitative estimate of drug-likeness (QED) is 0.0457. The van der Waals surface area contributed by atoms with Gasteiger partial charge in [-0.05, 0) is 97.0 Å². The Morgan fingerprint density at radius 2 is 1.45 bits per heavy atom. The van der Waals surface area contributed by atoms with Crippen LogP contribution in [0.15, 0.2) is 79.4 Å². The minimum atomic E-state index is -0.605. The molecule has 0 aliphatic heterocycles. The maximum Gasteiger partial charge on any atom is 0.343 e. The number of hydrogen-bond donors (Lipinski definition) is 0. The van der Waals surface area contributed by atoms with E-state index in [-0.39, 0.29) is 37.7 Å². The Hall–Kier alpha value is -5.38. The van der Waals surface area contributed by atoms with Crippen LogP contribution in [0.3, 0.4) is 0 Å². The van der Waals surface area contributed by atoms with Crippen molar-refractivity contribution in [3.63, 3.8) is 0 Å². The number of carbonyl (C=O) groups is 4. The highest BCUT2D eigenvalue weighted by Crippen LogP contribution is 2.46. The number of carbonyl (C=O) groups excluding carboxylic acids is 4. The fraction of sp³-hybridized carbons (Fsp3) is 0.333. The SMILES string of the molecule is C=CC(=O)OCCCOc1ccc(OC(=O)c2ccc3c(c2)C(C)c2cc(OCCCCOC(=O)C(=C)CC(=O)OCC)ccc2-3)cc1C. The Balaban J connectivity index is 1.25. The molecular formula is C39H42O10. The molecule has 10 heteroatoms. The highest BCUT2D eigenvalue weighted by atomic mass is 16.5. The molecule has 3 aromatic rings. The predicted molar refractivity (Wildman–Crippen MR) is 183 cm³/mol. The molecule has 0 saturated carbocycles. The van der Waals surface area contributed by atoms with Crippen LogP contribution in [0.2, 0.25) is 0 Å². The van der Waals surface area contributed by atoms with Crippen LogP contribution in [-0.2, 0) is 28.6 Å². The normalized spacial score (nSPS) is 12.6. The summed E-state index contributed by atoms with van der Waals surface area (Å²) in [5.41, 5.74) is 5.62. The number of fused-ring (bicyclic) bond motifs is 3. The van der Waals surface area contributed by atoms with E-state index in [2.05, 4.69) is 20.1 Å². The van der Waals surface area contributed by atoms with Crippen LogP contribution in [0.4, 0.5) is 0 Å². The molecular weight excluding hydrogens is 628 g/mol. The van der Waals surface area contributed by atoms with Gasteiger partial charge >= 0.3 is 23.9 Å². The van der Waals surface area contributed by atoms with Crippen LogP contribution < -0.4 is 14.2 Å². The van der Waals surface area contributed by atoms with Gasteiger partial charge in [-0.2, -0.15) is 0 Å². The van der Waals surface area contributed by atoms with E-state index in [1.54, 1.807) is 31.2 Å². The maximum absolute atomic E-state index is 13.1. The molecule has 1 unspecified atom stereocenters. The molecule has 0 spiro atoms. The zero-order valence-electron chi connectivity index (χ0n) is 28.2. The first kappa shape index (κ1) is 36.5. The molecule has 1 atom stereocenters. The zero-order chi connectivity index (χ0) is 35.3. The third-order valence-corrected chi connectivity index (χ3v) is 7.84. The summed E-state index contributed by atoms with van der Waals surface area (Å²) in [5, 5.41) is 0. The van der Waals surface area contributed by atoms with Gasteiger partial charge in [-0.25, -0.2) is 14.4 Å². The van der Waals surface area contributed by atoms with Crippen LogP contribution in [0.1, 0.15) is 72.5 Å². The third kappa shape index (κ3) is 10.1. The predicted octanol–water partition coefficient (Wildman–Crippen LogP) is 7.06. The molecule has 258 valence electrons. The third-order valence-electron chi connectivity index (χ3n) is 7.84. The van der Waals surface area contributed by atoms with E-state index in [1.807, 2.05) is 37.3 Å². The maximum atomic E-state index is 13.1. The van der Waals surface area contributed by atoms with Crippen LogP contribution in [0.25, 0.3) is 11.1 Å². The second-order valence-corrected chi connectivity index (χ2v) is 11.4. The van der Waals surface area contributed by atoms with Crippen LogP contribution in [0, 0.1) is 6.92 Å². The Morgan fingerprint density at radius 1 is 0.776 bits per heavy atom. The van der Waals surface area contributed by atoms with Gasteiger partial charge in [0, 0.05) is 24.0 Å². The molecule has 0 bridgehead atoms. The molecule has 0 N–H and O–H groups in total. The average molecular weight is 671 g/mol. The van der Waals surface area contributed by atoms with E-state index < -0.39 is 23.9 Å². The lowest BCUT2D eigenvalue weighted by Crippen LogP contribution is -2.13. The van der Waals surface area contributed by atoms with E-state index in [0.717, 1.165) is 39.6 Å². The molecule has 0 radical (unpaired) electrons. The number of benzene rings is 3. The first-order valence-corrected chi connectivity index (χ1v) is 16.3. The first-order valence-electron chi connectivity index (χ1n) is 16.3. The molecule has 0 fully saturated rings. The summed E-state index contributed by atoms with van der Waals surface area (Å²) < 4.78 is 32.4. The molecule has 10 nitrogen and oxygen atoms in total.